The average molecular weight is 301 g/mol. The molecule has 1 aromatic carbocycles. The van der Waals surface area contributed by atoms with Gasteiger partial charge in [-0.15, -0.1) is 11.3 Å². The van der Waals surface area contributed by atoms with Crippen LogP contribution in [0.3, 0.4) is 0 Å². The van der Waals surface area contributed by atoms with Crippen LogP contribution in [0, 0.1) is 13.8 Å². The Labute approximate surface area is 121 Å². The molecule has 5 heteroatoms. The fourth-order valence-electron chi connectivity index (χ4n) is 1.78. The van der Waals surface area contributed by atoms with E-state index in [9.17, 15) is 0 Å². The molecule has 0 saturated heterocycles. The zero-order valence-corrected chi connectivity index (χ0v) is 12.5. The van der Waals surface area contributed by atoms with Gasteiger partial charge in [-0.25, -0.2) is 5.43 Å². The lowest BCUT2D eigenvalue weighted by Crippen LogP contribution is -2.28. The first-order valence-corrected chi connectivity index (χ1v) is 7.08. The van der Waals surface area contributed by atoms with Gasteiger partial charge in [0.1, 0.15) is 0 Å². The van der Waals surface area contributed by atoms with Crippen molar-refractivity contribution in [1.82, 2.24) is 5.43 Å². The summed E-state index contributed by atoms with van der Waals surface area (Å²) in [6.07, 6.45) is 0. The quantitative estimate of drug-likeness (QED) is 0.658. The van der Waals surface area contributed by atoms with Crippen molar-refractivity contribution in [3.63, 3.8) is 0 Å². The number of benzene rings is 1. The summed E-state index contributed by atoms with van der Waals surface area (Å²) in [5.74, 6) is 5.66. The molecule has 0 aliphatic rings. The largest absolute Gasteiger partial charge is 0.271 e. The Morgan fingerprint density at radius 1 is 1.17 bits per heavy atom. The van der Waals surface area contributed by atoms with Crippen LogP contribution in [0.25, 0.3) is 0 Å². The van der Waals surface area contributed by atoms with E-state index in [0.717, 1.165) is 5.56 Å². The Morgan fingerprint density at radius 2 is 1.89 bits per heavy atom. The molecule has 2 nitrogen and oxygen atoms in total. The molecule has 0 radical (unpaired) electrons. The van der Waals surface area contributed by atoms with Gasteiger partial charge in [0.15, 0.2) is 0 Å². The van der Waals surface area contributed by atoms with E-state index < -0.39 is 0 Å². The second kappa shape index (κ2) is 5.59. The third-order valence-electron chi connectivity index (χ3n) is 2.91. The van der Waals surface area contributed by atoms with E-state index in [0.29, 0.717) is 10.0 Å². The minimum absolute atomic E-state index is 0.0582. The lowest BCUT2D eigenvalue weighted by atomic mass is 10.1. The number of rotatable bonds is 3. The van der Waals surface area contributed by atoms with Crippen LogP contribution >= 0.6 is 34.5 Å². The molecule has 0 aliphatic carbocycles. The number of hydrogen-bond acceptors (Lipinski definition) is 3. The van der Waals surface area contributed by atoms with Crippen LogP contribution in [0.2, 0.25) is 10.0 Å². The van der Waals surface area contributed by atoms with E-state index >= 15 is 0 Å². The van der Waals surface area contributed by atoms with Crippen LogP contribution in [-0.4, -0.2) is 0 Å². The molecule has 0 bridgehead atoms. The highest BCUT2D eigenvalue weighted by Gasteiger charge is 2.16. The third-order valence-corrected chi connectivity index (χ3v) is 4.87. The van der Waals surface area contributed by atoms with Crippen LogP contribution in [0.1, 0.15) is 26.9 Å². The van der Waals surface area contributed by atoms with Crippen molar-refractivity contribution < 1.29 is 0 Å². The monoisotopic (exact) mass is 300 g/mol. The fourth-order valence-corrected chi connectivity index (χ4v) is 3.22. The maximum absolute atomic E-state index is 6.04. The molecule has 2 aromatic rings. The van der Waals surface area contributed by atoms with Gasteiger partial charge in [-0.05, 0) is 43.2 Å². The van der Waals surface area contributed by atoms with E-state index in [1.165, 1.54) is 15.3 Å². The van der Waals surface area contributed by atoms with Crippen LogP contribution in [0.5, 0.6) is 0 Å². The Kier molecular flexibility index (Phi) is 4.30. The second-order valence-electron chi connectivity index (χ2n) is 4.16. The Morgan fingerprint density at radius 3 is 2.39 bits per heavy atom. The van der Waals surface area contributed by atoms with Gasteiger partial charge in [-0.1, -0.05) is 29.3 Å². The molecule has 3 N–H and O–H groups in total. The number of hydrogen-bond donors (Lipinski definition) is 2. The zero-order chi connectivity index (χ0) is 13.3. The average Bonchev–Trinajstić information content (AvgIpc) is 2.65. The molecule has 2 rings (SSSR count). The topological polar surface area (TPSA) is 38.0 Å². The van der Waals surface area contributed by atoms with Crippen molar-refractivity contribution in [2.75, 3.05) is 0 Å². The summed E-state index contributed by atoms with van der Waals surface area (Å²) in [5, 5.41) is 1.09. The molecule has 0 spiro atoms. The molecule has 1 atom stereocenters. The first-order chi connectivity index (χ1) is 8.52. The summed E-state index contributed by atoms with van der Waals surface area (Å²) in [6.45, 7) is 4.20. The molecular weight excluding hydrogens is 287 g/mol. The van der Waals surface area contributed by atoms with Gasteiger partial charge in [-0.2, -0.15) is 0 Å². The minimum Gasteiger partial charge on any atom is -0.271 e. The summed E-state index contributed by atoms with van der Waals surface area (Å²) >= 11 is 13.7. The standard InChI is InChI=1S/C13H14Cl2N2S/c1-7-5-12(18-8(7)2)13(17-16)9-3-4-10(14)11(15)6-9/h3-6,13,17H,16H2,1-2H3. The van der Waals surface area contributed by atoms with Gasteiger partial charge in [0.25, 0.3) is 0 Å². The third kappa shape index (κ3) is 2.71. The Balaban J connectivity index is 2.41. The molecule has 96 valence electrons. The number of aryl methyl sites for hydroxylation is 2. The van der Waals surface area contributed by atoms with E-state index in [2.05, 4.69) is 25.3 Å². The summed E-state index contributed by atoms with van der Waals surface area (Å²) in [4.78, 5) is 2.47. The number of thiophene rings is 1. The van der Waals surface area contributed by atoms with Crippen LogP contribution in [0.4, 0.5) is 0 Å². The Bertz CT molecular complexity index is 547. The summed E-state index contributed by atoms with van der Waals surface area (Å²) in [7, 11) is 0. The predicted octanol–water partition coefficient (Wildman–Crippen LogP) is 4.22. The molecule has 0 aliphatic heterocycles. The highest BCUT2D eigenvalue weighted by molar-refractivity contribution is 7.12. The van der Waals surface area contributed by atoms with Gasteiger partial charge in [0.2, 0.25) is 0 Å². The summed E-state index contributed by atoms with van der Waals surface area (Å²) in [5.41, 5.74) is 5.11. The Hall–Kier alpha value is -0.580. The molecular formula is C13H14Cl2N2S. The smallest absolute Gasteiger partial charge is 0.0803 e. The highest BCUT2D eigenvalue weighted by atomic mass is 35.5. The van der Waals surface area contributed by atoms with E-state index in [1.54, 1.807) is 17.4 Å². The predicted molar refractivity (Wildman–Crippen MR) is 79.4 cm³/mol. The van der Waals surface area contributed by atoms with Crippen molar-refractivity contribution in [2.45, 2.75) is 19.9 Å². The number of halogens is 2. The first kappa shape index (κ1) is 13.8. The molecule has 1 unspecified atom stereocenters. The molecule has 0 fully saturated rings. The normalized spacial score (nSPS) is 12.7. The SMILES string of the molecule is Cc1cc(C(NN)c2ccc(Cl)c(Cl)c2)sc1C. The van der Waals surface area contributed by atoms with Crippen LogP contribution in [0.15, 0.2) is 24.3 Å². The highest BCUT2D eigenvalue weighted by Crippen LogP contribution is 2.33. The maximum Gasteiger partial charge on any atom is 0.0803 e. The van der Waals surface area contributed by atoms with E-state index in [1.807, 2.05) is 12.1 Å². The van der Waals surface area contributed by atoms with Gasteiger partial charge >= 0.3 is 0 Å². The molecule has 0 saturated carbocycles. The second-order valence-corrected chi connectivity index (χ2v) is 6.26. The van der Waals surface area contributed by atoms with E-state index in [4.69, 9.17) is 29.0 Å². The molecule has 1 heterocycles. The summed E-state index contributed by atoms with van der Waals surface area (Å²) < 4.78 is 0. The molecule has 0 amide bonds. The van der Waals surface area contributed by atoms with Crippen molar-refractivity contribution in [2.24, 2.45) is 5.84 Å². The van der Waals surface area contributed by atoms with Gasteiger partial charge in [0, 0.05) is 9.75 Å². The number of nitrogens with two attached hydrogens (primary N) is 1. The summed E-state index contributed by atoms with van der Waals surface area (Å²) in [6, 6.07) is 7.66. The molecule has 18 heavy (non-hydrogen) atoms. The van der Waals surface area contributed by atoms with Crippen LogP contribution < -0.4 is 11.3 Å². The van der Waals surface area contributed by atoms with Gasteiger partial charge in [-0.3, -0.25) is 5.84 Å². The number of nitrogens with one attached hydrogen (secondary N) is 1. The van der Waals surface area contributed by atoms with Crippen molar-refractivity contribution >= 4 is 34.5 Å². The van der Waals surface area contributed by atoms with E-state index in [-0.39, 0.29) is 6.04 Å². The minimum atomic E-state index is -0.0582. The van der Waals surface area contributed by atoms with Gasteiger partial charge < -0.3 is 0 Å². The van der Waals surface area contributed by atoms with Gasteiger partial charge in [0.05, 0.1) is 16.1 Å². The zero-order valence-electron chi connectivity index (χ0n) is 10.1. The lowest BCUT2D eigenvalue weighted by Gasteiger charge is -2.15. The molecule has 1 aromatic heterocycles. The lowest BCUT2D eigenvalue weighted by molar-refractivity contribution is 0.646. The van der Waals surface area contributed by atoms with Crippen molar-refractivity contribution in [3.05, 3.63) is 55.2 Å². The van der Waals surface area contributed by atoms with Crippen molar-refractivity contribution in [1.29, 1.82) is 0 Å². The fraction of sp³-hybridized carbons (Fsp3) is 0.231. The maximum atomic E-state index is 6.04. The first-order valence-electron chi connectivity index (χ1n) is 5.51. The number of hydrazine groups is 1. The van der Waals surface area contributed by atoms with Crippen molar-refractivity contribution in [3.8, 4) is 0 Å². The van der Waals surface area contributed by atoms with Crippen LogP contribution in [-0.2, 0) is 0 Å².